The molecule has 2 aromatic rings. The van der Waals surface area contributed by atoms with Crippen molar-refractivity contribution < 1.29 is 0 Å². The van der Waals surface area contributed by atoms with Gasteiger partial charge in [-0.15, -0.1) is 0 Å². The maximum absolute atomic E-state index is 8.94. The normalized spacial score (nSPS) is 18.4. The van der Waals surface area contributed by atoms with E-state index in [9.17, 15) is 0 Å². The van der Waals surface area contributed by atoms with Crippen LogP contribution >= 0.6 is 0 Å². The van der Waals surface area contributed by atoms with Gasteiger partial charge in [0, 0.05) is 18.8 Å². The zero-order valence-corrected chi connectivity index (χ0v) is 10.7. The summed E-state index contributed by atoms with van der Waals surface area (Å²) in [6, 6.07) is 10.3. The quantitative estimate of drug-likeness (QED) is 0.911. The van der Waals surface area contributed by atoms with Gasteiger partial charge >= 0.3 is 0 Å². The average Bonchev–Trinajstić information content (AvgIpc) is 3.09. The predicted octanol–water partition coefficient (Wildman–Crippen LogP) is 2.23. The fraction of sp³-hybridized carbons (Fsp3) is 0.333. The van der Waals surface area contributed by atoms with Crippen LogP contribution in [0.15, 0.2) is 36.8 Å². The summed E-state index contributed by atoms with van der Waals surface area (Å²) in [6.07, 6.45) is 6.20. The van der Waals surface area contributed by atoms with Crippen molar-refractivity contribution in [2.45, 2.75) is 25.4 Å². The number of aromatic nitrogens is 2. The topological polar surface area (TPSA) is 53.6 Å². The van der Waals surface area contributed by atoms with E-state index in [-0.39, 0.29) is 0 Å². The highest BCUT2D eigenvalue weighted by molar-refractivity contribution is 5.33. The van der Waals surface area contributed by atoms with Gasteiger partial charge in [-0.2, -0.15) is 5.26 Å². The third-order valence-electron chi connectivity index (χ3n) is 3.57. The van der Waals surface area contributed by atoms with Gasteiger partial charge in [0.1, 0.15) is 0 Å². The molecule has 1 N–H and O–H groups in total. The SMILES string of the molecule is N#Cc1cccc(Cn2cncc2[C@@H]2CCCN2)c1. The Bertz CT molecular complexity index is 603. The second-order valence-electron chi connectivity index (χ2n) is 4.91. The summed E-state index contributed by atoms with van der Waals surface area (Å²) in [7, 11) is 0. The predicted molar refractivity (Wildman–Crippen MR) is 72.5 cm³/mol. The monoisotopic (exact) mass is 252 g/mol. The second-order valence-corrected chi connectivity index (χ2v) is 4.91. The highest BCUT2D eigenvalue weighted by Gasteiger charge is 2.19. The lowest BCUT2D eigenvalue weighted by atomic mass is 10.1. The van der Waals surface area contributed by atoms with Gasteiger partial charge in [-0.1, -0.05) is 12.1 Å². The van der Waals surface area contributed by atoms with Crippen LogP contribution in [0.1, 0.15) is 35.7 Å². The molecule has 0 bridgehead atoms. The molecule has 0 spiro atoms. The number of hydrogen-bond donors (Lipinski definition) is 1. The summed E-state index contributed by atoms with van der Waals surface area (Å²) in [5.74, 6) is 0. The van der Waals surface area contributed by atoms with E-state index in [1.165, 1.54) is 18.5 Å². The molecule has 4 heteroatoms. The average molecular weight is 252 g/mol. The second kappa shape index (κ2) is 5.25. The molecule has 1 aromatic heterocycles. The summed E-state index contributed by atoms with van der Waals surface area (Å²) in [5.41, 5.74) is 3.08. The number of hydrogen-bond acceptors (Lipinski definition) is 3. The fourth-order valence-corrected chi connectivity index (χ4v) is 2.63. The molecule has 0 saturated carbocycles. The van der Waals surface area contributed by atoms with Gasteiger partial charge in [-0.05, 0) is 37.1 Å². The lowest BCUT2D eigenvalue weighted by molar-refractivity contribution is 0.584. The lowest BCUT2D eigenvalue weighted by Crippen LogP contribution is -2.17. The fourth-order valence-electron chi connectivity index (χ4n) is 2.63. The van der Waals surface area contributed by atoms with Gasteiger partial charge in [0.25, 0.3) is 0 Å². The molecule has 0 amide bonds. The van der Waals surface area contributed by atoms with Crippen molar-refractivity contribution in [1.29, 1.82) is 5.26 Å². The van der Waals surface area contributed by atoms with E-state index >= 15 is 0 Å². The molecule has 96 valence electrons. The van der Waals surface area contributed by atoms with Crippen molar-refractivity contribution in [3.05, 3.63) is 53.6 Å². The number of nitriles is 1. The largest absolute Gasteiger partial charge is 0.329 e. The van der Waals surface area contributed by atoms with Crippen molar-refractivity contribution in [3.8, 4) is 6.07 Å². The maximum atomic E-state index is 8.94. The molecular weight excluding hydrogens is 236 g/mol. The van der Waals surface area contributed by atoms with E-state index in [1.54, 1.807) is 0 Å². The van der Waals surface area contributed by atoms with Crippen LogP contribution < -0.4 is 5.32 Å². The Morgan fingerprint density at radius 1 is 1.47 bits per heavy atom. The molecule has 0 radical (unpaired) electrons. The number of imidazole rings is 1. The molecule has 1 saturated heterocycles. The first-order chi connectivity index (χ1) is 9.36. The first-order valence-electron chi connectivity index (χ1n) is 6.59. The Labute approximate surface area is 112 Å². The van der Waals surface area contributed by atoms with E-state index in [1.807, 2.05) is 36.8 Å². The molecule has 1 aromatic carbocycles. The van der Waals surface area contributed by atoms with Crippen molar-refractivity contribution in [1.82, 2.24) is 14.9 Å². The number of rotatable bonds is 3. The Hall–Kier alpha value is -2.12. The minimum absolute atomic E-state index is 0.418. The summed E-state index contributed by atoms with van der Waals surface area (Å²) in [5, 5.41) is 12.4. The molecule has 1 aliphatic rings. The van der Waals surface area contributed by atoms with Gasteiger partial charge in [0.2, 0.25) is 0 Å². The molecule has 1 aliphatic heterocycles. The summed E-state index contributed by atoms with van der Waals surface area (Å²) in [6.45, 7) is 1.85. The maximum Gasteiger partial charge on any atom is 0.0991 e. The molecule has 19 heavy (non-hydrogen) atoms. The zero-order chi connectivity index (χ0) is 13.1. The Balaban J connectivity index is 1.83. The molecule has 2 heterocycles. The Kier molecular flexibility index (Phi) is 3.30. The molecule has 1 fully saturated rings. The van der Waals surface area contributed by atoms with Gasteiger partial charge in [0.05, 0.1) is 23.7 Å². The van der Waals surface area contributed by atoms with Crippen LogP contribution in [0.3, 0.4) is 0 Å². The third kappa shape index (κ3) is 2.51. The van der Waals surface area contributed by atoms with E-state index in [0.29, 0.717) is 11.6 Å². The molecule has 0 aliphatic carbocycles. The number of benzene rings is 1. The van der Waals surface area contributed by atoms with Crippen LogP contribution in [-0.2, 0) is 6.54 Å². The third-order valence-corrected chi connectivity index (χ3v) is 3.57. The highest BCUT2D eigenvalue weighted by Crippen LogP contribution is 2.23. The lowest BCUT2D eigenvalue weighted by Gasteiger charge is -2.14. The minimum Gasteiger partial charge on any atom is -0.329 e. The first-order valence-corrected chi connectivity index (χ1v) is 6.59. The Morgan fingerprint density at radius 3 is 3.21 bits per heavy atom. The smallest absolute Gasteiger partial charge is 0.0991 e. The Morgan fingerprint density at radius 2 is 2.42 bits per heavy atom. The molecule has 3 rings (SSSR count). The summed E-state index contributed by atoms with van der Waals surface area (Å²) >= 11 is 0. The van der Waals surface area contributed by atoms with Crippen LogP contribution in [0.25, 0.3) is 0 Å². The van der Waals surface area contributed by atoms with E-state index < -0.39 is 0 Å². The van der Waals surface area contributed by atoms with E-state index in [0.717, 1.165) is 18.7 Å². The van der Waals surface area contributed by atoms with Crippen molar-refractivity contribution in [2.24, 2.45) is 0 Å². The molecule has 4 nitrogen and oxygen atoms in total. The van der Waals surface area contributed by atoms with Crippen molar-refractivity contribution in [2.75, 3.05) is 6.54 Å². The van der Waals surface area contributed by atoms with Gasteiger partial charge in [-0.3, -0.25) is 0 Å². The summed E-state index contributed by atoms with van der Waals surface area (Å²) < 4.78 is 2.17. The van der Waals surface area contributed by atoms with E-state index in [4.69, 9.17) is 5.26 Å². The van der Waals surface area contributed by atoms with Crippen LogP contribution in [0.4, 0.5) is 0 Å². The van der Waals surface area contributed by atoms with Crippen LogP contribution in [0.5, 0.6) is 0 Å². The van der Waals surface area contributed by atoms with Crippen molar-refractivity contribution >= 4 is 0 Å². The van der Waals surface area contributed by atoms with Crippen molar-refractivity contribution in [3.63, 3.8) is 0 Å². The molecular formula is C15H16N4. The van der Waals surface area contributed by atoms with Gasteiger partial charge in [0.15, 0.2) is 0 Å². The standard InChI is InChI=1S/C15H16N4/c16-8-12-3-1-4-13(7-12)10-19-11-17-9-15(19)14-5-2-6-18-14/h1,3-4,7,9,11,14,18H,2,5-6,10H2/t14-/m0/s1. The minimum atomic E-state index is 0.418. The number of nitrogens with zero attached hydrogens (tertiary/aromatic N) is 3. The van der Waals surface area contributed by atoms with Gasteiger partial charge in [-0.25, -0.2) is 4.98 Å². The number of nitrogens with one attached hydrogen (secondary N) is 1. The van der Waals surface area contributed by atoms with Crippen LogP contribution in [-0.4, -0.2) is 16.1 Å². The van der Waals surface area contributed by atoms with Crippen LogP contribution in [0.2, 0.25) is 0 Å². The highest BCUT2D eigenvalue weighted by atomic mass is 15.1. The van der Waals surface area contributed by atoms with Crippen LogP contribution in [0, 0.1) is 11.3 Å². The van der Waals surface area contributed by atoms with E-state index in [2.05, 4.69) is 20.9 Å². The zero-order valence-electron chi connectivity index (χ0n) is 10.7. The van der Waals surface area contributed by atoms with Gasteiger partial charge < -0.3 is 9.88 Å². The molecule has 1 atom stereocenters. The summed E-state index contributed by atoms with van der Waals surface area (Å²) in [4.78, 5) is 4.26. The first kappa shape index (κ1) is 11.9. The molecule has 0 unspecified atom stereocenters.